The zero-order valence-corrected chi connectivity index (χ0v) is 10.5. The fraction of sp³-hybridized carbons (Fsp3) is 0.300. The lowest BCUT2D eigenvalue weighted by atomic mass is 10.2. The SMILES string of the molecule is CC(CNS(=O)(=O)c1c(F)cc(F)cc1F)C(=O)O. The van der Waals surface area contributed by atoms with Crippen LogP contribution in [0.15, 0.2) is 17.0 Å². The molecule has 0 saturated carbocycles. The molecule has 2 N–H and O–H groups in total. The molecule has 0 fully saturated rings. The Bertz CT molecular complexity index is 580. The number of nitrogens with one attached hydrogen (secondary N) is 1. The van der Waals surface area contributed by atoms with Gasteiger partial charge in [0.25, 0.3) is 0 Å². The van der Waals surface area contributed by atoms with E-state index < -0.39 is 50.8 Å². The molecule has 0 aliphatic carbocycles. The molecule has 0 amide bonds. The Hall–Kier alpha value is -1.61. The van der Waals surface area contributed by atoms with Crippen molar-refractivity contribution in [3.8, 4) is 0 Å². The van der Waals surface area contributed by atoms with Gasteiger partial charge in [-0.25, -0.2) is 26.3 Å². The van der Waals surface area contributed by atoms with Crippen molar-refractivity contribution >= 4 is 16.0 Å². The van der Waals surface area contributed by atoms with E-state index in [2.05, 4.69) is 0 Å². The van der Waals surface area contributed by atoms with Gasteiger partial charge >= 0.3 is 5.97 Å². The molecule has 0 aliphatic heterocycles. The zero-order valence-electron chi connectivity index (χ0n) is 9.65. The van der Waals surface area contributed by atoms with Crippen molar-refractivity contribution in [2.24, 2.45) is 5.92 Å². The number of rotatable bonds is 5. The molecule has 1 aromatic carbocycles. The van der Waals surface area contributed by atoms with Crippen LogP contribution in [0, 0.1) is 23.4 Å². The van der Waals surface area contributed by atoms with Gasteiger partial charge in [0.15, 0.2) is 4.90 Å². The lowest BCUT2D eigenvalue weighted by Gasteiger charge is -2.10. The van der Waals surface area contributed by atoms with Gasteiger partial charge in [-0.05, 0) is 0 Å². The van der Waals surface area contributed by atoms with Crippen molar-refractivity contribution in [3.63, 3.8) is 0 Å². The first-order valence-electron chi connectivity index (χ1n) is 5.02. The molecule has 19 heavy (non-hydrogen) atoms. The van der Waals surface area contributed by atoms with Crippen molar-refractivity contribution in [2.75, 3.05) is 6.54 Å². The van der Waals surface area contributed by atoms with E-state index in [4.69, 9.17) is 5.11 Å². The van der Waals surface area contributed by atoms with Gasteiger partial charge in [0, 0.05) is 18.7 Å². The highest BCUT2D eigenvalue weighted by Crippen LogP contribution is 2.19. The first-order valence-corrected chi connectivity index (χ1v) is 6.50. The molecule has 9 heteroatoms. The largest absolute Gasteiger partial charge is 0.481 e. The fourth-order valence-electron chi connectivity index (χ4n) is 1.18. The van der Waals surface area contributed by atoms with Crippen molar-refractivity contribution < 1.29 is 31.5 Å². The molecule has 0 aliphatic rings. The highest BCUT2D eigenvalue weighted by atomic mass is 32.2. The number of hydrogen-bond donors (Lipinski definition) is 2. The van der Waals surface area contributed by atoms with Crippen molar-refractivity contribution in [3.05, 3.63) is 29.6 Å². The molecule has 1 unspecified atom stereocenters. The summed E-state index contributed by atoms with van der Waals surface area (Å²) in [6, 6.07) is 0.441. The Morgan fingerprint density at radius 3 is 2.21 bits per heavy atom. The molecule has 0 heterocycles. The monoisotopic (exact) mass is 297 g/mol. The summed E-state index contributed by atoms with van der Waals surface area (Å²) < 4.78 is 64.2. The summed E-state index contributed by atoms with van der Waals surface area (Å²) in [6.45, 7) is 0.663. The Kier molecular flexibility index (Phi) is 4.53. The Labute approximate surface area is 107 Å². The van der Waals surface area contributed by atoms with Crippen LogP contribution < -0.4 is 4.72 Å². The molecular weight excluding hydrogens is 287 g/mol. The van der Waals surface area contributed by atoms with Crippen LogP contribution in [0.1, 0.15) is 6.92 Å². The maximum absolute atomic E-state index is 13.3. The fourth-order valence-corrected chi connectivity index (χ4v) is 2.42. The predicted octanol–water partition coefficient (Wildman–Crippen LogP) is 1.10. The van der Waals surface area contributed by atoms with Crippen LogP contribution in [-0.4, -0.2) is 26.0 Å². The average molecular weight is 297 g/mol. The summed E-state index contributed by atoms with van der Waals surface area (Å²) in [6.07, 6.45) is 0. The predicted molar refractivity (Wildman–Crippen MR) is 58.3 cm³/mol. The van der Waals surface area contributed by atoms with Crippen molar-refractivity contribution in [1.29, 1.82) is 0 Å². The van der Waals surface area contributed by atoms with E-state index in [0.29, 0.717) is 0 Å². The summed E-state index contributed by atoms with van der Waals surface area (Å²) in [5.74, 6) is -6.79. The van der Waals surface area contributed by atoms with Crippen molar-refractivity contribution in [2.45, 2.75) is 11.8 Å². The first-order chi connectivity index (χ1) is 8.65. The minimum Gasteiger partial charge on any atom is -0.481 e. The van der Waals surface area contributed by atoms with Gasteiger partial charge in [0.1, 0.15) is 17.5 Å². The summed E-state index contributed by atoms with van der Waals surface area (Å²) >= 11 is 0. The van der Waals surface area contributed by atoms with Gasteiger partial charge in [0.05, 0.1) is 5.92 Å². The maximum atomic E-state index is 13.3. The Morgan fingerprint density at radius 1 is 1.32 bits per heavy atom. The number of hydrogen-bond acceptors (Lipinski definition) is 3. The molecule has 1 aromatic rings. The molecule has 0 aromatic heterocycles. The number of halogens is 3. The summed E-state index contributed by atoms with van der Waals surface area (Å²) in [4.78, 5) is 9.16. The highest BCUT2D eigenvalue weighted by Gasteiger charge is 2.26. The molecule has 1 atom stereocenters. The van der Waals surface area contributed by atoms with Gasteiger partial charge in [-0.3, -0.25) is 4.79 Å². The second-order valence-electron chi connectivity index (χ2n) is 3.79. The van der Waals surface area contributed by atoms with Gasteiger partial charge in [0.2, 0.25) is 10.0 Å². The minimum absolute atomic E-state index is 0.221. The van der Waals surface area contributed by atoms with E-state index in [1.54, 1.807) is 4.72 Å². The number of aliphatic carboxylic acids is 1. The average Bonchev–Trinajstić information content (AvgIpc) is 2.23. The smallest absolute Gasteiger partial charge is 0.307 e. The normalized spacial score (nSPS) is 13.3. The second kappa shape index (κ2) is 5.57. The molecule has 0 radical (unpaired) electrons. The quantitative estimate of drug-likeness (QED) is 0.852. The van der Waals surface area contributed by atoms with E-state index >= 15 is 0 Å². The summed E-state index contributed by atoms with van der Waals surface area (Å²) in [5.41, 5.74) is 0. The lowest BCUT2D eigenvalue weighted by Crippen LogP contribution is -2.32. The molecule has 106 valence electrons. The molecule has 5 nitrogen and oxygen atoms in total. The number of carboxylic acid groups (broad SMARTS) is 1. The third-order valence-corrected chi connectivity index (χ3v) is 3.71. The van der Waals surface area contributed by atoms with Crippen LogP contribution in [0.5, 0.6) is 0 Å². The third-order valence-electron chi connectivity index (χ3n) is 2.23. The zero-order chi connectivity index (χ0) is 14.8. The number of carbonyl (C=O) groups is 1. The topological polar surface area (TPSA) is 83.5 Å². The van der Waals surface area contributed by atoms with Gasteiger partial charge in [-0.15, -0.1) is 0 Å². The molecule has 0 bridgehead atoms. The number of carboxylic acids is 1. The Balaban J connectivity index is 3.05. The minimum atomic E-state index is -4.60. The van der Waals surface area contributed by atoms with Gasteiger partial charge < -0.3 is 5.11 Å². The second-order valence-corrected chi connectivity index (χ2v) is 5.49. The van der Waals surface area contributed by atoms with E-state index in [1.807, 2.05) is 0 Å². The molecule has 0 saturated heterocycles. The van der Waals surface area contributed by atoms with Crippen molar-refractivity contribution in [1.82, 2.24) is 4.72 Å². The van der Waals surface area contributed by atoms with Crippen LogP contribution >= 0.6 is 0 Å². The first kappa shape index (κ1) is 15.4. The van der Waals surface area contributed by atoms with E-state index in [1.165, 1.54) is 6.92 Å². The number of benzene rings is 1. The molecule has 0 spiro atoms. The van der Waals surface area contributed by atoms with E-state index in [-0.39, 0.29) is 12.1 Å². The van der Waals surface area contributed by atoms with Crippen LogP contribution in [0.25, 0.3) is 0 Å². The summed E-state index contributed by atoms with van der Waals surface area (Å²) in [7, 11) is -4.60. The maximum Gasteiger partial charge on any atom is 0.307 e. The summed E-state index contributed by atoms with van der Waals surface area (Å²) in [5, 5.41) is 8.56. The highest BCUT2D eigenvalue weighted by molar-refractivity contribution is 7.89. The third kappa shape index (κ3) is 3.67. The van der Waals surface area contributed by atoms with Crippen LogP contribution in [-0.2, 0) is 14.8 Å². The lowest BCUT2D eigenvalue weighted by molar-refractivity contribution is -0.140. The van der Waals surface area contributed by atoms with Crippen LogP contribution in [0.4, 0.5) is 13.2 Å². The molecule has 1 rings (SSSR count). The van der Waals surface area contributed by atoms with E-state index in [0.717, 1.165) is 0 Å². The van der Waals surface area contributed by atoms with Crippen LogP contribution in [0.2, 0.25) is 0 Å². The molecular formula is C10H10F3NO4S. The van der Waals surface area contributed by atoms with Gasteiger partial charge in [-0.2, -0.15) is 0 Å². The van der Waals surface area contributed by atoms with E-state index in [9.17, 15) is 26.4 Å². The Morgan fingerprint density at radius 2 is 1.79 bits per heavy atom. The standard InChI is InChI=1S/C10H10F3NO4S/c1-5(10(15)16)4-14-19(17,18)9-7(12)2-6(11)3-8(9)13/h2-3,5,14H,4H2,1H3,(H,15,16). The van der Waals surface area contributed by atoms with Crippen LogP contribution in [0.3, 0.4) is 0 Å². The van der Waals surface area contributed by atoms with Gasteiger partial charge in [-0.1, -0.05) is 6.92 Å². The number of sulfonamides is 1.